The van der Waals surface area contributed by atoms with Crippen LogP contribution in [0.2, 0.25) is 0 Å². The molecule has 3 aromatic heterocycles. The maximum atomic E-state index is 13.6. The fourth-order valence-corrected chi connectivity index (χ4v) is 4.76. The van der Waals surface area contributed by atoms with Crippen LogP contribution in [0.5, 0.6) is 17.2 Å². The van der Waals surface area contributed by atoms with Crippen molar-refractivity contribution in [2.45, 2.75) is 6.92 Å². The van der Waals surface area contributed by atoms with Crippen LogP contribution in [0.4, 0.5) is 13.2 Å². The van der Waals surface area contributed by atoms with E-state index in [-0.39, 0.29) is 52.8 Å². The molecule has 0 saturated carbocycles. The van der Waals surface area contributed by atoms with Crippen LogP contribution in [-0.2, 0) is 0 Å². The third-order valence-corrected chi connectivity index (χ3v) is 6.99. The van der Waals surface area contributed by atoms with Crippen LogP contribution < -0.4 is 14.2 Å². The van der Waals surface area contributed by atoms with Crippen molar-refractivity contribution in [3.05, 3.63) is 119 Å². The Balaban J connectivity index is 0.000000248. The molecule has 0 spiro atoms. The minimum Gasteiger partial charge on any atom is -0.493 e. The highest BCUT2D eigenvalue weighted by Gasteiger charge is 2.15. The number of hydrogen-bond donors (Lipinski definition) is 3. The number of pyridine rings is 3. The number of hydrogen-bond acceptors (Lipinski definition) is 9. The van der Waals surface area contributed by atoms with E-state index in [9.17, 15) is 37.8 Å². The summed E-state index contributed by atoms with van der Waals surface area (Å²) in [5, 5.41) is 28.5. The third-order valence-electron chi connectivity index (χ3n) is 6.99. The number of halogens is 3. The zero-order valence-corrected chi connectivity index (χ0v) is 26.5. The molecule has 6 aromatic rings. The van der Waals surface area contributed by atoms with E-state index in [4.69, 9.17) is 19.3 Å². The maximum absolute atomic E-state index is 13.6. The molecule has 0 aliphatic carbocycles. The van der Waals surface area contributed by atoms with Gasteiger partial charge in [0.2, 0.25) is 0 Å². The topological polar surface area (TPSA) is 178 Å². The molecule has 0 aliphatic heterocycles. The number of rotatable bonds is 11. The van der Waals surface area contributed by atoms with Crippen LogP contribution in [0.25, 0.3) is 32.7 Å². The van der Waals surface area contributed by atoms with Crippen molar-refractivity contribution in [3.8, 4) is 17.2 Å². The number of carboxylic acid groups (broad SMARTS) is 3. The molecule has 6 rings (SSSR count). The first-order valence-corrected chi connectivity index (χ1v) is 15.0. The minimum atomic E-state index is -1.25. The summed E-state index contributed by atoms with van der Waals surface area (Å²) in [5.74, 6) is -4.47. The van der Waals surface area contributed by atoms with Crippen molar-refractivity contribution in [1.29, 1.82) is 0 Å². The van der Waals surface area contributed by atoms with Gasteiger partial charge in [0.25, 0.3) is 0 Å². The van der Waals surface area contributed by atoms with Crippen molar-refractivity contribution < 1.29 is 57.1 Å². The summed E-state index contributed by atoms with van der Waals surface area (Å²) in [6.45, 7) is 2.15. The predicted octanol–water partition coefficient (Wildman–Crippen LogP) is 6.94. The quantitative estimate of drug-likeness (QED) is 0.119. The van der Waals surface area contributed by atoms with E-state index in [0.29, 0.717) is 34.0 Å². The van der Waals surface area contributed by atoms with Gasteiger partial charge in [-0.25, -0.2) is 42.5 Å². The molecule has 0 aliphatic rings. The highest BCUT2D eigenvalue weighted by atomic mass is 19.1. The molecule has 12 nitrogen and oxygen atoms in total. The average Bonchev–Trinajstić information content (AvgIpc) is 3.10. The lowest BCUT2D eigenvalue weighted by Crippen LogP contribution is -2.04. The Kier molecular flexibility index (Phi) is 10.9. The van der Waals surface area contributed by atoms with Gasteiger partial charge in [-0.1, -0.05) is 0 Å². The molecule has 260 valence electrons. The van der Waals surface area contributed by atoms with Gasteiger partial charge in [-0.2, -0.15) is 0 Å². The Morgan fingerprint density at radius 3 is 1.16 bits per heavy atom. The minimum absolute atomic E-state index is 0.00411. The van der Waals surface area contributed by atoms with E-state index in [1.807, 2.05) is 0 Å². The number of nitrogens with zero attached hydrogens (tertiary/aromatic N) is 3. The van der Waals surface area contributed by atoms with Crippen molar-refractivity contribution in [2.24, 2.45) is 0 Å². The lowest BCUT2D eigenvalue weighted by atomic mass is 10.1. The zero-order chi connectivity index (χ0) is 36.7. The molecule has 51 heavy (non-hydrogen) atoms. The maximum Gasteiger partial charge on any atom is 0.354 e. The second kappa shape index (κ2) is 15.6. The molecule has 0 unspecified atom stereocenters. The monoisotopic (exact) mass is 701 g/mol. The van der Waals surface area contributed by atoms with Crippen LogP contribution in [0.1, 0.15) is 38.4 Å². The summed E-state index contributed by atoms with van der Waals surface area (Å²) in [6, 6.07) is 15.1. The second-order valence-electron chi connectivity index (χ2n) is 10.4. The summed E-state index contributed by atoms with van der Waals surface area (Å²) >= 11 is 0. The molecular weight excluding hydrogens is 675 g/mol. The van der Waals surface area contributed by atoms with E-state index in [1.165, 1.54) is 72.8 Å². The lowest BCUT2D eigenvalue weighted by molar-refractivity contribution is 0.0680. The molecule has 0 amide bonds. The van der Waals surface area contributed by atoms with Crippen LogP contribution in [0.3, 0.4) is 0 Å². The van der Waals surface area contributed by atoms with E-state index in [1.54, 1.807) is 19.1 Å². The normalized spacial score (nSPS) is 11.0. The number of carbonyl (C=O) groups is 3. The van der Waals surface area contributed by atoms with Gasteiger partial charge in [0.15, 0.2) is 17.1 Å². The van der Waals surface area contributed by atoms with Gasteiger partial charge in [0.1, 0.15) is 47.9 Å². The largest absolute Gasteiger partial charge is 0.493 e. The van der Waals surface area contributed by atoms with Crippen LogP contribution >= 0.6 is 0 Å². The van der Waals surface area contributed by atoms with E-state index < -0.39 is 35.4 Å². The summed E-state index contributed by atoms with van der Waals surface area (Å²) in [6.07, 6.45) is 3.15. The van der Waals surface area contributed by atoms with Crippen molar-refractivity contribution in [2.75, 3.05) is 19.8 Å². The molecular formula is C36H26F3N3O9. The highest BCUT2D eigenvalue weighted by Crippen LogP contribution is 2.29. The average molecular weight is 702 g/mol. The third kappa shape index (κ3) is 8.64. The summed E-state index contributed by atoms with van der Waals surface area (Å²) < 4.78 is 56.9. The Labute approximate surface area is 286 Å². The first kappa shape index (κ1) is 35.5. The number of carboxylic acids is 3. The Morgan fingerprint density at radius 1 is 0.549 bits per heavy atom. The molecule has 0 fully saturated rings. The fourth-order valence-electron chi connectivity index (χ4n) is 4.76. The van der Waals surface area contributed by atoms with Gasteiger partial charge in [0, 0.05) is 34.4 Å². The van der Waals surface area contributed by atoms with Crippen molar-refractivity contribution >= 4 is 50.6 Å². The zero-order valence-electron chi connectivity index (χ0n) is 26.5. The Hall–Kier alpha value is -6.77. The fraction of sp³-hybridized carbons (Fsp3) is 0.111. The highest BCUT2D eigenvalue weighted by molar-refractivity contribution is 5.95. The molecule has 3 N–H and O–H groups in total. The van der Waals surface area contributed by atoms with Crippen LogP contribution in [0, 0.1) is 17.5 Å². The van der Waals surface area contributed by atoms with Crippen LogP contribution in [0.15, 0.2) is 84.9 Å². The van der Waals surface area contributed by atoms with Gasteiger partial charge in [-0.15, -0.1) is 0 Å². The van der Waals surface area contributed by atoms with E-state index in [0.717, 1.165) is 0 Å². The molecule has 0 atom stereocenters. The van der Waals surface area contributed by atoms with Crippen molar-refractivity contribution in [1.82, 2.24) is 15.0 Å². The molecule has 0 saturated heterocycles. The molecule has 15 heteroatoms. The standard InChI is InChI=1S/C24H16F2N2O6.C12H10FNO3/c25-13-3-5-17-15(9-13)21(11-19(27-17)23(29)30)33-7-1-2-8-34-22-12-20(24(31)32)28-18-6-4-14(26)10-16(18)22;1-2-17-11-6-10(12(15)16)14-9-4-3-7(13)5-8(9)11/h1-6,9-12H,7-8H2,(H,29,30)(H,31,32);3-6H,2H2,1H3,(H,15,16)/b2-1+;. The Bertz CT molecular complexity index is 2220. The van der Waals surface area contributed by atoms with E-state index >= 15 is 0 Å². The number of benzene rings is 3. The smallest absolute Gasteiger partial charge is 0.354 e. The SMILES string of the molecule is CCOc1cc(C(=O)O)nc2ccc(F)cc12.O=C(O)c1cc(OC/C=C/COc2cc(C(=O)O)nc3ccc(F)cc23)c2cc(F)ccc2n1. The number of aromatic nitrogens is 3. The van der Waals surface area contributed by atoms with Gasteiger partial charge in [0.05, 0.1) is 23.2 Å². The number of ether oxygens (including phenoxy) is 3. The number of fused-ring (bicyclic) bond motifs is 3. The van der Waals surface area contributed by atoms with Gasteiger partial charge < -0.3 is 29.5 Å². The molecule has 0 bridgehead atoms. The van der Waals surface area contributed by atoms with Gasteiger partial charge in [-0.05, 0) is 73.7 Å². The van der Waals surface area contributed by atoms with Crippen LogP contribution in [-0.4, -0.2) is 68.0 Å². The lowest BCUT2D eigenvalue weighted by Gasteiger charge is -2.10. The molecule has 3 aromatic carbocycles. The predicted molar refractivity (Wildman–Crippen MR) is 177 cm³/mol. The van der Waals surface area contributed by atoms with Gasteiger partial charge in [-0.3, -0.25) is 0 Å². The Morgan fingerprint density at radius 2 is 0.863 bits per heavy atom. The van der Waals surface area contributed by atoms with Crippen molar-refractivity contribution in [3.63, 3.8) is 0 Å². The molecule has 0 radical (unpaired) electrons. The molecule has 3 heterocycles. The second-order valence-corrected chi connectivity index (χ2v) is 10.4. The summed E-state index contributed by atoms with van der Waals surface area (Å²) in [7, 11) is 0. The summed E-state index contributed by atoms with van der Waals surface area (Å²) in [5.41, 5.74) is 0.339. The number of aromatic carboxylic acids is 3. The van der Waals surface area contributed by atoms with Gasteiger partial charge >= 0.3 is 17.9 Å². The summed E-state index contributed by atoms with van der Waals surface area (Å²) in [4.78, 5) is 45.3. The first-order valence-electron chi connectivity index (χ1n) is 15.0. The van der Waals surface area contributed by atoms with E-state index in [2.05, 4.69) is 15.0 Å². The first-order chi connectivity index (χ1) is 24.4.